The van der Waals surface area contributed by atoms with Crippen molar-refractivity contribution in [2.75, 3.05) is 29.1 Å². The summed E-state index contributed by atoms with van der Waals surface area (Å²) in [5.74, 6) is 3.22. The van der Waals surface area contributed by atoms with E-state index in [1.807, 2.05) is 30.0 Å². The zero-order valence-corrected chi connectivity index (χ0v) is 11.3. The van der Waals surface area contributed by atoms with Crippen molar-refractivity contribution < 1.29 is 0 Å². The van der Waals surface area contributed by atoms with Crippen LogP contribution < -0.4 is 11.1 Å². The molecule has 96 valence electrons. The average molecular weight is 262 g/mol. The number of aromatic nitrogens is 2. The van der Waals surface area contributed by atoms with Gasteiger partial charge in [0.05, 0.1) is 5.52 Å². The zero-order chi connectivity index (χ0) is 12.8. The van der Waals surface area contributed by atoms with Crippen LogP contribution in [0.2, 0.25) is 0 Å². The summed E-state index contributed by atoms with van der Waals surface area (Å²) >= 11 is 1.96. The molecule has 1 aromatic heterocycles. The minimum absolute atomic E-state index is 0.738. The van der Waals surface area contributed by atoms with Gasteiger partial charge in [-0.05, 0) is 36.1 Å². The fourth-order valence-corrected chi connectivity index (χ4v) is 2.38. The predicted octanol–water partition coefficient (Wildman–Crippen LogP) is 2.77. The maximum Gasteiger partial charge on any atom is 0.137 e. The van der Waals surface area contributed by atoms with Crippen LogP contribution in [0.4, 0.5) is 11.5 Å². The van der Waals surface area contributed by atoms with Crippen LogP contribution in [-0.4, -0.2) is 28.0 Å². The van der Waals surface area contributed by atoms with Crippen LogP contribution in [0.25, 0.3) is 10.9 Å². The molecule has 5 heteroatoms. The second-order valence-electron chi connectivity index (χ2n) is 3.98. The lowest BCUT2D eigenvalue weighted by molar-refractivity contribution is 0.981. The lowest BCUT2D eigenvalue weighted by Gasteiger charge is -2.08. The summed E-state index contributed by atoms with van der Waals surface area (Å²) in [6.07, 6.45) is 2.72. The number of fused-ring (bicyclic) bond motifs is 1. The van der Waals surface area contributed by atoms with Crippen molar-refractivity contribution in [2.45, 2.75) is 13.3 Å². The quantitative estimate of drug-likeness (QED) is 0.619. The highest BCUT2D eigenvalue weighted by Gasteiger charge is 2.03. The monoisotopic (exact) mass is 262 g/mol. The van der Waals surface area contributed by atoms with Crippen molar-refractivity contribution in [3.63, 3.8) is 0 Å². The Balaban J connectivity index is 2.05. The standard InChI is InChI=1S/C13H18N4S/c1-2-18-7-3-6-15-13-11-8-10(14)4-5-12(11)16-9-17-13/h4-5,8-9H,2-3,6-7,14H2,1H3,(H,15,16,17). The smallest absolute Gasteiger partial charge is 0.137 e. The Labute approximate surface area is 111 Å². The van der Waals surface area contributed by atoms with Gasteiger partial charge < -0.3 is 11.1 Å². The van der Waals surface area contributed by atoms with Crippen LogP contribution in [0.1, 0.15) is 13.3 Å². The fraction of sp³-hybridized carbons (Fsp3) is 0.385. The van der Waals surface area contributed by atoms with E-state index in [9.17, 15) is 0 Å². The summed E-state index contributed by atoms with van der Waals surface area (Å²) < 4.78 is 0. The first-order valence-electron chi connectivity index (χ1n) is 6.13. The molecule has 0 aliphatic rings. The molecule has 0 amide bonds. The number of thioether (sulfide) groups is 1. The molecular formula is C13H18N4S. The Hall–Kier alpha value is -1.49. The number of nitrogen functional groups attached to an aromatic ring is 1. The summed E-state index contributed by atoms with van der Waals surface area (Å²) in [5, 5.41) is 4.34. The summed E-state index contributed by atoms with van der Waals surface area (Å²) in [6, 6.07) is 5.69. The van der Waals surface area contributed by atoms with E-state index in [4.69, 9.17) is 5.73 Å². The lowest BCUT2D eigenvalue weighted by Crippen LogP contribution is -2.05. The van der Waals surface area contributed by atoms with Crippen LogP contribution in [0, 0.1) is 0 Å². The Kier molecular flexibility index (Phi) is 4.64. The first-order chi connectivity index (χ1) is 8.81. The topological polar surface area (TPSA) is 63.8 Å². The maximum absolute atomic E-state index is 5.80. The Morgan fingerprint density at radius 3 is 3.06 bits per heavy atom. The third kappa shape index (κ3) is 3.26. The van der Waals surface area contributed by atoms with Crippen LogP contribution in [0.15, 0.2) is 24.5 Å². The number of anilines is 2. The van der Waals surface area contributed by atoms with Gasteiger partial charge in [0.15, 0.2) is 0 Å². The third-order valence-corrected chi connectivity index (χ3v) is 3.61. The van der Waals surface area contributed by atoms with Gasteiger partial charge in [-0.2, -0.15) is 11.8 Å². The van der Waals surface area contributed by atoms with Crippen molar-refractivity contribution in [1.82, 2.24) is 9.97 Å². The van der Waals surface area contributed by atoms with Crippen LogP contribution in [0.5, 0.6) is 0 Å². The molecule has 0 radical (unpaired) electrons. The molecule has 0 aliphatic carbocycles. The van der Waals surface area contributed by atoms with Crippen molar-refractivity contribution in [3.05, 3.63) is 24.5 Å². The van der Waals surface area contributed by atoms with E-state index in [1.54, 1.807) is 6.33 Å². The minimum atomic E-state index is 0.738. The van der Waals surface area contributed by atoms with Gasteiger partial charge in [-0.25, -0.2) is 9.97 Å². The van der Waals surface area contributed by atoms with Crippen molar-refractivity contribution in [2.24, 2.45) is 0 Å². The SMILES string of the molecule is CCSCCCNc1ncnc2ccc(N)cc12. The van der Waals surface area contributed by atoms with Gasteiger partial charge in [-0.15, -0.1) is 0 Å². The van der Waals surface area contributed by atoms with Gasteiger partial charge in [0.2, 0.25) is 0 Å². The number of nitrogens with one attached hydrogen (secondary N) is 1. The molecule has 18 heavy (non-hydrogen) atoms. The van der Waals surface area contributed by atoms with E-state index in [-0.39, 0.29) is 0 Å². The highest BCUT2D eigenvalue weighted by Crippen LogP contribution is 2.21. The molecule has 2 rings (SSSR count). The highest BCUT2D eigenvalue weighted by atomic mass is 32.2. The van der Waals surface area contributed by atoms with Crippen molar-refractivity contribution in [3.8, 4) is 0 Å². The van der Waals surface area contributed by atoms with Crippen molar-refractivity contribution in [1.29, 1.82) is 0 Å². The molecule has 0 atom stereocenters. The van der Waals surface area contributed by atoms with Gasteiger partial charge in [-0.3, -0.25) is 0 Å². The Bertz CT molecular complexity index is 515. The summed E-state index contributed by atoms with van der Waals surface area (Å²) in [7, 11) is 0. The lowest BCUT2D eigenvalue weighted by atomic mass is 10.2. The van der Waals surface area contributed by atoms with E-state index in [0.29, 0.717) is 0 Å². The average Bonchev–Trinajstić information content (AvgIpc) is 2.39. The molecule has 4 nitrogen and oxygen atoms in total. The van der Waals surface area contributed by atoms with E-state index < -0.39 is 0 Å². The summed E-state index contributed by atoms with van der Waals surface area (Å²) in [4.78, 5) is 8.51. The van der Waals surface area contributed by atoms with Crippen molar-refractivity contribution >= 4 is 34.2 Å². The fourth-order valence-electron chi connectivity index (χ4n) is 1.74. The molecule has 0 fully saturated rings. The number of hydrogen-bond donors (Lipinski definition) is 2. The van der Waals surface area contributed by atoms with E-state index >= 15 is 0 Å². The molecule has 0 unspecified atom stereocenters. The number of benzene rings is 1. The van der Waals surface area contributed by atoms with E-state index in [0.717, 1.165) is 35.4 Å². The van der Waals surface area contributed by atoms with E-state index in [1.165, 1.54) is 11.5 Å². The molecule has 1 heterocycles. The van der Waals surface area contributed by atoms with Gasteiger partial charge in [0, 0.05) is 17.6 Å². The molecule has 0 spiro atoms. The van der Waals surface area contributed by atoms with Crippen LogP contribution in [0.3, 0.4) is 0 Å². The van der Waals surface area contributed by atoms with Gasteiger partial charge in [0.25, 0.3) is 0 Å². The Morgan fingerprint density at radius 2 is 2.22 bits per heavy atom. The first kappa shape index (κ1) is 13.0. The van der Waals surface area contributed by atoms with Gasteiger partial charge in [-0.1, -0.05) is 6.92 Å². The number of rotatable bonds is 6. The number of nitrogens with two attached hydrogens (primary N) is 1. The third-order valence-electron chi connectivity index (χ3n) is 2.62. The van der Waals surface area contributed by atoms with Crippen LogP contribution in [-0.2, 0) is 0 Å². The molecule has 1 aromatic carbocycles. The normalized spacial score (nSPS) is 10.7. The largest absolute Gasteiger partial charge is 0.399 e. The molecule has 0 bridgehead atoms. The summed E-state index contributed by atoms with van der Waals surface area (Å²) in [6.45, 7) is 3.10. The molecule has 0 saturated carbocycles. The van der Waals surface area contributed by atoms with Gasteiger partial charge in [0.1, 0.15) is 12.1 Å². The number of hydrogen-bond acceptors (Lipinski definition) is 5. The minimum Gasteiger partial charge on any atom is -0.399 e. The zero-order valence-electron chi connectivity index (χ0n) is 10.5. The maximum atomic E-state index is 5.80. The second kappa shape index (κ2) is 6.44. The molecule has 0 saturated heterocycles. The first-order valence-corrected chi connectivity index (χ1v) is 7.28. The Morgan fingerprint density at radius 1 is 1.33 bits per heavy atom. The molecule has 3 N–H and O–H groups in total. The predicted molar refractivity (Wildman–Crippen MR) is 80.1 cm³/mol. The second-order valence-corrected chi connectivity index (χ2v) is 5.37. The number of nitrogens with zero attached hydrogens (tertiary/aromatic N) is 2. The molecular weight excluding hydrogens is 244 g/mol. The molecule has 2 aromatic rings. The van der Waals surface area contributed by atoms with E-state index in [2.05, 4.69) is 22.2 Å². The molecule has 0 aliphatic heterocycles. The van der Waals surface area contributed by atoms with Gasteiger partial charge >= 0.3 is 0 Å². The highest BCUT2D eigenvalue weighted by molar-refractivity contribution is 7.99. The summed E-state index contributed by atoms with van der Waals surface area (Å²) in [5.41, 5.74) is 7.46. The van der Waals surface area contributed by atoms with Crippen LogP contribution >= 0.6 is 11.8 Å².